The number of rotatable bonds is 4. The lowest BCUT2D eigenvalue weighted by atomic mass is 10.0. The summed E-state index contributed by atoms with van der Waals surface area (Å²) in [6.07, 6.45) is -1.29. The summed E-state index contributed by atoms with van der Waals surface area (Å²) in [6, 6.07) is 0. The topological polar surface area (TPSA) is 77.8 Å². The molecule has 0 aliphatic heterocycles. The first-order chi connectivity index (χ1) is 4.52. The highest BCUT2D eigenvalue weighted by atomic mass is 16.5. The first-order valence-electron chi connectivity index (χ1n) is 3.10. The van der Waals surface area contributed by atoms with Gasteiger partial charge in [0.05, 0.1) is 0 Å². The Balaban J connectivity index is 3.43. The summed E-state index contributed by atoms with van der Waals surface area (Å²) >= 11 is 0. The SMILES string of the molecule is C[C@@H](CC(=O)O)CC(O)O. The molecule has 4 heteroatoms. The lowest BCUT2D eigenvalue weighted by Gasteiger charge is -2.08. The van der Waals surface area contributed by atoms with Crippen LogP contribution < -0.4 is 0 Å². The molecule has 0 aliphatic rings. The van der Waals surface area contributed by atoms with E-state index in [1.165, 1.54) is 0 Å². The molecular weight excluding hydrogens is 136 g/mol. The van der Waals surface area contributed by atoms with Gasteiger partial charge in [0.25, 0.3) is 0 Å². The van der Waals surface area contributed by atoms with Gasteiger partial charge in [0.2, 0.25) is 0 Å². The third kappa shape index (κ3) is 5.53. The molecule has 0 aliphatic carbocycles. The molecule has 0 spiro atoms. The summed E-state index contributed by atoms with van der Waals surface area (Å²) < 4.78 is 0. The molecule has 0 heterocycles. The molecule has 0 saturated heterocycles. The molecule has 3 N–H and O–H groups in total. The first-order valence-corrected chi connectivity index (χ1v) is 3.10. The van der Waals surface area contributed by atoms with Crippen LogP contribution in [0.2, 0.25) is 0 Å². The zero-order valence-corrected chi connectivity index (χ0v) is 5.82. The molecule has 60 valence electrons. The smallest absolute Gasteiger partial charge is 0.303 e. The standard InChI is InChI=1S/C6H12O4/c1-4(2-5(7)8)3-6(9)10/h4-5,7-8H,2-3H2,1H3,(H,9,10)/t4-/m1/s1. The highest BCUT2D eigenvalue weighted by molar-refractivity contribution is 5.66. The Bertz CT molecular complexity index is 110. The fraction of sp³-hybridized carbons (Fsp3) is 0.833. The quantitative estimate of drug-likeness (QED) is 0.482. The lowest BCUT2D eigenvalue weighted by Crippen LogP contribution is -2.13. The maximum Gasteiger partial charge on any atom is 0.303 e. The van der Waals surface area contributed by atoms with E-state index >= 15 is 0 Å². The fourth-order valence-corrected chi connectivity index (χ4v) is 0.741. The maximum absolute atomic E-state index is 10.0. The van der Waals surface area contributed by atoms with E-state index in [0.717, 1.165) is 0 Å². The van der Waals surface area contributed by atoms with Gasteiger partial charge in [-0.2, -0.15) is 0 Å². The number of carbonyl (C=O) groups is 1. The van der Waals surface area contributed by atoms with Gasteiger partial charge in [0.1, 0.15) is 0 Å². The molecule has 0 amide bonds. The van der Waals surface area contributed by atoms with Crippen molar-refractivity contribution in [2.24, 2.45) is 5.92 Å². The van der Waals surface area contributed by atoms with Crippen molar-refractivity contribution in [2.45, 2.75) is 26.1 Å². The Morgan fingerprint density at radius 3 is 2.30 bits per heavy atom. The average Bonchev–Trinajstić information content (AvgIpc) is 1.58. The van der Waals surface area contributed by atoms with Crippen LogP contribution in [0.5, 0.6) is 0 Å². The minimum absolute atomic E-state index is 0.0162. The Morgan fingerprint density at radius 1 is 1.50 bits per heavy atom. The molecule has 0 saturated carbocycles. The molecule has 10 heavy (non-hydrogen) atoms. The fourth-order valence-electron chi connectivity index (χ4n) is 0.741. The van der Waals surface area contributed by atoms with Gasteiger partial charge < -0.3 is 15.3 Å². The zero-order chi connectivity index (χ0) is 8.15. The number of aliphatic hydroxyl groups excluding tert-OH is 1. The Morgan fingerprint density at radius 2 is 2.00 bits per heavy atom. The van der Waals surface area contributed by atoms with E-state index in [2.05, 4.69) is 0 Å². The van der Waals surface area contributed by atoms with Crippen LogP contribution >= 0.6 is 0 Å². The van der Waals surface area contributed by atoms with Crippen molar-refractivity contribution in [1.29, 1.82) is 0 Å². The summed E-state index contributed by atoms with van der Waals surface area (Å²) in [4.78, 5) is 10.0. The Labute approximate surface area is 59.1 Å². The van der Waals surface area contributed by atoms with Crippen LogP contribution in [0.3, 0.4) is 0 Å². The van der Waals surface area contributed by atoms with Crippen LogP contribution in [0.15, 0.2) is 0 Å². The van der Waals surface area contributed by atoms with Gasteiger partial charge in [-0.1, -0.05) is 6.92 Å². The predicted octanol–water partition coefficient (Wildman–Crippen LogP) is -0.202. The van der Waals surface area contributed by atoms with Crippen LogP contribution in [0.1, 0.15) is 19.8 Å². The van der Waals surface area contributed by atoms with Crippen molar-refractivity contribution in [2.75, 3.05) is 0 Å². The van der Waals surface area contributed by atoms with Crippen molar-refractivity contribution in [3.8, 4) is 0 Å². The summed E-state index contributed by atoms with van der Waals surface area (Å²) in [5.41, 5.74) is 0. The summed E-state index contributed by atoms with van der Waals surface area (Å²) in [5, 5.41) is 25.0. The molecule has 0 fully saturated rings. The summed E-state index contributed by atoms with van der Waals surface area (Å²) in [7, 11) is 0. The number of carboxylic acids is 1. The van der Waals surface area contributed by atoms with Crippen molar-refractivity contribution in [3.05, 3.63) is 0 Å². The van der Waals surface area contributed by atoms with Crippen molar-refractivity contribution in [1.82, 2.24) is 0 Å². The zero-order valence-electron chi connectivity index (χ0n) is 5.82. The number of carboxylic acid groups (broad SMARTS) is 1. The van der Waals surface area contributed by atoms with Gasteiger partial charge in [0.15, 0.2) is 6.29 Å². The normalized spacial score (nSPS) is 13.6. The molecule has 0 aromatic carbocycles. The van der Waals surface area contributed by atoms with Crippen LogP contribution in [0, 0.1) is 5.92 Å². The lowest BCUT2D eigenvalue weighted by molar-refractivity contribution is -0.138. The van der Waals surface area contributed by atoms with Crippen LogP contribution in [0.4, 0.5) is 0 Å². The highest BCUT2D eigenvalue weighted by Crippen LogP contribution is 2.08. The van der Waals surface area contributed by atoms with Crippen LogP contribution in [-0.2, 0) is 4.79 Å². The molecule has 1 atom stereocenters. The Kier molecular flexibility index (Phi) is 3.99. The van der Waals surface area contributed by atoms with E-state index in [9.17, 15) is 4.79 Å². The van der Waals surface area contributed by atoms with Crippen LogP contribution in [-0.4, -0.2) is 27.6 Å². The predicted molar refractivity (Wildman–Crippen MR) is 34.3 cm³/mol. The second kappa shape index (κ2) is 4.24. The molecular formula is C6H12O4. The van der Waals surface area contributed by atoms with E-state index in [0.29, 0.717) is 0 Å². The van der Waals surface area contributed by atoms with Crippen molar-refractivity contribution >= 4 is 5.97 Å². The van der Waals surface area contributed by atoms with Gasteiger partial charge >= 0.3 is 5.97 Å². The van der Waals surface area contributed by atoms with E-state index in [-0.39, 0.29) is 18.8 Å². The molecule has 0 unspecified atom stereocenters. The minimum Gasteiger partial charge on any atom is -0.481 e. The van der Waals surface area contributed by atoms with Gasteiger partial charge in [-0.25, -0.2) is 0 Å². The molecule has 0 radical (unpaired) electrons. The van der Waals surface area contributed by atoms with Gasteiger partial charge in [-0.3, -0.25) is 4.79 Å². The van der Waals surface area contributed by atoms with E-state index < -0.39 is 12.3 Å². The van der Waals surface area contributed by atoms with E-state index in [1.54, 1.807) is 6.92 Å². The molecule has 4 nitrogen and oxygen atoms in total. The molecule has 0 aromatic heterocycles. The third-order valence-electron chi connectivity index (χ3n) is 1.14. The summed E-state index contributed by atoms with van der Waals surface area (Å²) in [6.45, 7) is 1.66. The number of hydrogen-bond acceptors (Lipinski definition) is 3. The number of aliphatic hydroxyl groups is 2. The second-order valence-electron chi connectivity index (χ2n) is 2.42. The Hall–Kier alpha value is -0.610. The monoisotopic (exact) mass is 148 g/mol. The first kappa shape index (κ1) is 9.39. The van der Waals surface area contributed by atoms with E-state index in [4.69, 9.17) is 15.3 Å². The molecule has 0 aromatic rings. The van der Waals surface area contributed by atoms with Crippen molar-refractivity contribution in [3.63, 3.8) is 0 Å². The highest BCUT2D eigenvalue weighted by Gasteiger charge is 2.10. The summed E-state index contributed by atoms with van der Waals surface area (Å²) in [5.74, 6) is -1.09. The van der Waals surface area contributed by atoms with Crippen molar-refractivity contribution < 1.29 is 20.1 Å². The van der Waals surface area contributed by atoms with Crippen LogP contribution in [0.25, 0.3) is 0 Å². The minimum atomic E-state index is -1.39. The third-order valence-corrected chi connectivity index (χ3v) is 1.14. The molecule has 0 bridgehead atoms. The maximum atomic E-state index is 10.0. The second-order valence-corrected chi connectivity index (χ2v) is 2.42. The molecule has 0 rings (SSSR count). The average molecular weight is 148 g/mol. The van der Waals surface area contributed by atoms with Gasteiger partial charge in [-0.15, -0.1) is 0 Å². The number of hydrogen-bond donors (Lipinski definition) is 3. The van der Waals surface area contributed by atoms with Gasteiger partial charge in [-0.05, 0) is 5.92 Å². The number of aliphatic carboxylic acids is 1. The van der Waals surface area contributed by atoms with Gasteiger partial charge in [0, 0.05) is 12.8 Å². The van der Waals surface area contributed by atoms with E-state index in [1.807, 2.05) is 0 Å². The largest absolute Gasteiger partial charge is 0.481 e.